The molecule has 0 bridgehead atoms. The monoisotopic (exact) mass is 201 g/mol. The molecule has 72 valence electrons. The van der Waals surface area contributed by atoms with Crippen LogP contribution in [-0.2, 0) is 11.3 Å². The Hall–Kier alpha value is -1.37. The van der Waals surface area contributed by atoms with Crippen LogP contribution in [0.2, 0.25) is 0 Å². The van der Waals surface area contributed by atoms with Gasteiger partial charge in [-0.25, -0.2) is 5.10 Å². The molecule has 0 aliphatic rings. The van der Waals surface area contributed by atoms with Gasteiger partial charge in [0.1, 0.15) is 0 Å². The van der Waals surface area contributed by atoms with Crippen LogP contribution in [0.3, 0.4) is 0 Å². The van der Waals surface area contributed by atoms with Crippen molar-refractivity contribution in [2.24, 2.45) is 0 Å². The van der Waals surface area contributed by atoms with Gasteiger partial charge in [0.05, 0.1) is 0 Å². The Bertz CT molecular complexity index is 354. The van der Waals surface area contributed by atoms with Crippen LogP contribution in [0.15, 0.2) is 0 Å². The van der Waals surface area contributed by atoms with Gasteiger partial charge in [-0.3, -0.25) is 9.36 Å². The van der Waals surface area contributed by atoms with Crippen LogP contribution >= 0.6 is 12.2 Å². The minimum Gasteiger partial charge on any atom is -0.368 e. The van der Waals surface area contributed by atoms with Gasteiger partial charge in [-0.05, 0) is 12.2 Å². The van der Waals surface area contributed by atoms with Gasteiger partial charge < -0.3 is 11.1 Å². The number of nitrogens with one attached hydrogen (secondary N) is 2. The summed E-state index contributed by atoms with van der Waals surface area (Å²) in [6.07, 6.45) is 0.342. The number of hydrogen-bond acceptors (Lipinski definition) is 4. The third-order valence-electron chi connectivity index (χ3n) is 1.63. The molecule has 1 amide bonds. The van der Waals surface area contributed by atoms with Gasteiger partial charge in [-0.1, -0.05) is 0 Å². The first-order chi connectivity index (χ1) is 6.15. The second-order valence-corrected chi connectivity index (χ2v) is 2.85. The predicted molar refractivity (Wildman–Crippen MR) is 50.5 cm³/mol. The van der Waals surface area contributed by atoms with Crippen molar-refractivity contribution in [2.45, 2.75) is 13.0 Å². The predicted octanol–water partition coefficient (Wildman–Crippen LogP) is -0.341. The molecule has 0 saturated carbocycles. The molecule has 0 aliphatic heterocycles. The van der Waals surface area contributed by atoms with Gasteiger partial charge in [-0.2, -0.15) is 0 Å². The molecule has 1 aromatic heterocycles. The maximum Gasteiger partial charge on any atom is 0.221 e. The molecular formula is C6H11N5OS. The Morgan fingerprint density at radius 2 is 2.54 bits per heavy atom. The Balaban J connectivity index is 2.64. The second kappa shape index (κ2) is 4.04. The molecule has 0 spiro atoms. The average molecular weight is 201 g/mol. The normalized spacial score (nSPS) is 9.92. The highest BCUT2D eigenvalue weighted by atomic mass is 32.1. The first-order valence-corrected chi connectivity index (χ1v) is 4.17. The van der Waals surface area contributed by atoms with E-state index in [0.717, 1.165) is 0 Å². The van der Waals surface area contributed by atoms with Crippen molar-refractivity contribution >= 4 is 24.1 Å². The van der Waals surface area contributed by atoms with Crippen LogP contribution < -0.4 is 11.1 Å². The lowest BCUT2D eigenvalue weighted by atomic mass is 10.4. The second-order valence-electron chi connectivity index (χ2n) is 2.46. The minimum atomic E-state index is -0.0532. The van der Waals surface area contributed by atoms with E-state index in [2.05, 4.69) is 15.5 Å². The zero-order valence-electron chi connectivity index (χ0n) is 7.20. The Morgan fingerprint density at radius 1 is 1.85 bits per heavy atom. The number of nitrogens with two attached hydrogens (primary N) is 1. The lowest BCUT2D eigenvalue weighted by Crippen LogP contribution is -2.20. The number of aromatic amines is 1. The molecule has 1 aromatic rings. The van der Waals surface area contributed by atoms with Crippen LogP contribution in [0.4, 0.5) is 5.95 Å². The number of carbonyl (C=O) groups excluding carboxylic acids is 1. The number of anilines is 1. The average Bonchev–Trinajstić information content (AvgIpc) is 2.43. The fourth-order valence-corrected chi connectivity index (χ4v) is 1.11. The number of carbonyl (C=O) groups is 1. The summed E-state index contributed by atoms with van der Waals surface area (Å²) in [5.74, 6) is 0.247. The summed E-state index contributed by atoms with van der Waals surface area (Å²) in [7, 11) is 1.58. The number of H-pyrrole nitrogens is 1. The summed E-state index contributed by atoms with van der Waals surface area (Å²) >= 11 is 4.89. The van der Waals surface area contributed by atoms with Crippen molar-refractivity contribution in [1.29, 1.82) is 0 Å². The fourth-order valence-electron chi connectivity index (χ4n) is 0.884. The lowest BCUT2D eigenvalue weighted by molar-refractivity contribution is -0.120. The highest BCUT2D eigenvalue weighted by Crippen LogP contribution is 2.00. The van der Waals surface area contributed by atoms with Crippen LogP contribution in [0.1, 0.15) is 6.42 Å². The van der Waals surface area contributed by atoms with E-state index < -0.39 is 0 Å². The van der Waals surface area contributed by atoms with Gasteiger partial charge in [0.25, 0.3) is 0 Å². The highest BCUT2D eigenvalue weighted by molar-refractivity contribution is 7.71. The maximum atomic E-state index is 10.9. The van der Waals surface area contributed by atoms with Crippen molar-refractivity contribution in [3.8, 4) is 0 Å². The summed E-state index contributed by atoms with van der Waals surface area (Å²) in [5.41, 5.74) is 5.49. The number of nitrogen functional groups attached to an aromatic ring is 1. The van der Waals surface area contributed by atoms with Crippen LogP contribution in [0.5, 0.6) is 0 Å². The molecule has 0 atom stereocenters. The molecule has 4 N–H and O–H groups in total. The number of hydrogen-bond donors (Lipinski definition) is 3. The largest absolute Gasteiger partial charge is 0.368 e. The highest BCUT2D eigenvalue weighted by Gasteiger charge is 2.03. The summed E-state index contributed by atoms with van der Waals surface area (Å²) in [6, 6.07) is 0. The van der Waals surface area contributed by atoms with Gasteiger partial charge in [-0.15, -0.1) is 5.10 Å². The summed E-state index contributed by atoms with van der Waals surface area (Å²) < 4.78 is 2.01. The van der Waals surface area contributed by atoms with E-state index in [9.17, 15) is 4.79 Å². The lowest BCUT2D eigenvalue weighted by Gasteiger charge is -2.01. The molecule has 0 unspecified atom stereocenters. The van der Waals surface area contributed by atoms with E-state index in [0.29, 0.717) is 23.7 Å². The van der Waals surface area contributed by atoms with E-state index in [1.165, 1.54) is 0 Å². The molecule has 0 aromatic carbocycles. The zero-order chi connectivity index (χ0) is 9.84. The number of rotatable bonds is 3. The van der Waals surface area contributed by atoms with Crippen molar-refractivity contribution in [3.63, 3.8) is 0 Å². The van der Waals surface area contributed by atoms with Crippen LogP contribution in [0, 0.1) is 4.77 Å². The Kier molecular flexibility index (Phi) is 3.02. The standard InChI is InChI=1S/C6H11N5OS/c1-8-4(12)2-3-11-5(7)9-10-6(11)13/h2-3H2,1H3,(H2,7,9)(H,8,12)(H,10,13). The molecule has 6 nitrogen and oxygen atoms in total. The Morgan fingerprint density at radius 3 is 3.00 bits per heavy atom. The summed E-state index contributed by atoms with van der Waals surface area (Å²) in [5, 5.41) is 8.76. The molecule has 0 fully saturated rings. The quantitative estimate of drug-likeness (QED) is 0.584. The topological polar surface area (TPSA) is 88.7 Å². The number of amides is 1. The molecule has 0 aliphatic carbocycles. The summed E-state index contributed by atoms with van der Waals surface area (Å²) in [6.45, 7) is 0.445. The maximum absolute atomic E-state index is 10.9. The number of aromatic nitrogens is 3. The third kappa shape index (κ3) is 2.28. The van der Waals surface area contributed by atoms with E-state index in [1.807, 2.05) is 0 Å². The van der Waals surface area contributed by atoms with Crippen molar-refractivity contribution < 1.29 is 4.79 Å². The Labute approximate surface area is 80.1 Å². The van der Waals surface area contributed by atoms with Crippen molar-refractivity contribution in [2.75, 3.05) is 12.8 Å². The first-order valence-electron chi connectivity index (χ1n) is 3.76. The first kappa shape index (κ1) is 9.72. The fraction of sp³-hybridized carbons (Fsp3) is 0.500. The van der Waals surface area contributed by atoms with Crippen molar-refractivity contribution in [1.82, 2.24) is 20.1 Å². The molecule has 0 radical (unpaired) electrons. The minimum absolute atomic E-state index is 0.0532. The molecular weight excluding hydrogens is 190 g/mol. The van der Waals surface area contributed by atoms with Crippen molar-refractivity contribution in [3.05, 3.63) is 4.77 Å². The van der Waals surface area contributed by atoms with E-state index >= 15 is 0 Å². The molecule has 13 heavy (non-hydrogen) atoms. The molecule has 7 heteroatoms. The van der Waals surface area contributed by atoms with Gasteiger partial charge in [0, 0.05) is 20.0 Å². The van der Waals surface area contributed by atoms with Crippen LogP contribution in [-0.4, -0.2) is 27.7 Å². The van der Waals surface area contributed by atoms with Gasteiger partial charge in [0.15, 0.2) is 4.77 Å². The molecule has 1 heterocycles. The third-order valence-corrected chi connectivity index (χ3v) is 1.94. The summed E-state index contributed by atoms with van der Waals surface area (Å²) in [4.78, 5) is 10.9. The molecule has 0 saturated heterocycles. The van der Waals surface area contributed by atoms with Crippen LogP contribution in [0.25, 0.3) is 0 Å². The van der Waals surface area contributed by atoms with E-state index in [-0.39, 0.29) is 5.91 Å². The smallest absolute Gasteiger partial charge is 0.221 e. The number of nitrogens with zero attached hydrogens (tertiary/aromatic N) is 2. The van der Waals surface area contributed by atoms with Gasteiger partial charge >= 0.3 is 0 Å². The van der Waals surface area contributed by atoms with Gasteiger partial charge in [0.2, 0.25) is 11.9 Å². The SMILES string of the molecule is CNC(=O)CCn1c(N)n[nH]c1=S. The van der Waals surface area contributed by atoms with E-state index in [1.54, 1.807) is 11.6 Å². The molecule has 1 rings (SSSR count). The zero-order valence-corrected chi connectivity index (χ0v) is 8.02. The van der Waals surface area contributed by atoms with E-state index in [4.69, 9.17) is 18.0 Å².